The average molecular weight is 462 g/mol. The van der Waals surface area contributed by atoms with Crippen LogP contribution in [0.4, 0.5) is 0 Å². The molecule has 0 bridgehead atoms. The number of fused-ring (bicyclic) bond motifs is 1. The molecular formula is C25H27N5O2S. The number of thiazole rings is 1. The number of likely N-dealkylation sites (tertiary alicyclic amines) is 1. The van der Waals surface area contributed by atoms with Gasteiger partial charge in [0.1, 0.15) is 5.69 Å². The number of aromatic nitrogens is 4. The highest BCUT2D eigenvalue weighted by molar-refractivity contribution is 7.15. The Morgan fingerprint density at radius 1 is 1.15 bits per heavy atom. The third kappa shape index (κ3) is 3.78. The lowest BCUT2D eigenvalue weighted by molar-refractivity contribution is -0.129. The van der Waals surface area contributed by atoms with Crippen LogP contribution in [-0.2, 0) is 17.6 Å². The normalized spacial score (nSPS) is 13.8. The Morgan fingerprint density at radius 3 is 2.67 bits per heavy atom. The molecule has 3 aromatic heterocycles. The average Bonchev–Trinajstić information content (AvgIpc) is 3.54. The van der Waals surface area contributed by atoms with Crippen molar-refractivity contribution in [1.82, 2.24) is 24.1 Å². The van der Waals surface area contributed by atoms with Crippen LogP contribution in [0.15, 0.2) is 40.5 Å². The van der Waals surface area contributed by atoms with Crippen LogP contribution in [0, 0.1) is 13.8 Å². The Bertz CT molecular complexity index is 1410. The van der Waals surface area contributed by atoms with Crippen LogP contribution in [0.2, 0.25) is 0 Å². The summed E-state index contributed by atoms with van der Waals surface area (Å²) in [7, 11) is 0. The van der Waals surface area contributed by atoms with Crippen molar-refractivity contribution in [2.75, 3.05) is 13.1 Å². The highest BCUT2D eigenvalue weighted by Crippen LogP contribution is 2.25. The quantitative estimate of drug-likeness (QED) is 0.451. The van der Waals surface area contributed by atoms with Gasteiger partial charge in [-0.05, 0) is 50.8 Å². The van der Waals surface area contributed by atoms with E-state index in [2.05, 4.69) is 13.0 Å². The lowest BCUT2D eigenvalue weighted by Gasteiger charge is -2.14. The van der Waals surface area contributed by atoms with E-state index < -0.39 is 0 Å². The van der Waals surface area contributed by atoms with Crippen molar-refractivity contribution in [3.8, 4) is 16.9 Å². The summed E-state index contributed by atoms with van der Waals surface area (Å²) in [6, 6.07) is 10.1. The van der Waals surface area contributed by atoms with E-state index in [0.717, 1.165) is 43.7 Å². The predicted molar refractivity (Wildman–Crippen MR) is 130 cm³/mol. The molecule has 0 aliphatic carbocycles. The molecule has 7 nitrogen and oxygen atoms in total. The fourth-order valence-corrected chi connectivity index (χ4v) is 5.54. The van der Waals surface area contributed by atoms with Gasteiger partial charge in [0.2, 0.25) is 5.91 Å². The highest BCUT2D eigenvalue weighted by Gasteiger charge is 2.23. The minimum absolute atomic E-state index is 0.0671. The first-order chi connectivity index (χ1) is 16.0. The zero-order valence-electron chi connectivity index (χ0n) is 19.2. The fourth-order valence-electron chi connectivity index (χ4n) is 4.61. The van der Waals surface area contributed by atoms with Crippen LogP contribution in [-0.4, -0.2) is 43.1 Å². The smallest absolute Gasteiger partial charge is 0.268 e. The summed E-state index contributed by atoms with van der Waals surface area (Å²) in [5.74, 6) is 0.0671. The molecule has 1 aliphatic heterocycles. The molecule has 1 fully saturated rings. The van der Waals surface area contributed by atoms with Gasteiger partial charge in [-0.25, -0.2) is 9.67 Å². The molecule has 0 N–H and O–H groups in total. The van der Waals surface area contributed by atoms with E-state index >= 15 is 0 Å². The van der Waals surface area contributed by atoms with E-state index in [4.69, 9.17) is 10.1 Å². The highest BCUT2D eigenvalue weighted by atomic mass is 32.1. The largest absolute Gasteiger partial charge is 0.342 e. The van der Waals surface area contributed by atoms with E-state index in [1.807, 2.05) is 53.1 Å². The van der Waals surface area contributed by atoms with Gasteiger partial charge >= 0.3 is 0 Å². The number of carbonyl (C=O) groups excluding carboxylic acids is 1. The SMILES string of the molecule is CCc1ccccc1-n1nc(-c2c(C)nc3scc(CC(=O)N4CCCC4)n3c2=O)cc1C. The number of aryl methyl sites for hydroxylation is 3. The number of amides is 1. The second kappa shape index (κ2) is 8.59. The molecule has 170 valence electrons. The van der Waals surface area contributed by atoms with Crippen LogP contribution in [0.5, 0.6) is 0 Å². The molecule has 1 amide bonds. The van der Waals surface area contributed by atoms with E-state index in [0.29, 0.717) is 27.6 Å². The molecular weight excluding hydrogens is 434 g/mol. The number of para-hydroxylation sites is 1. The van der Waals surface area contributed by atoms with Gasteiger partial charge in [-0.1, -0.05) is 25.1 Å². The molecule has 8 heteroatoms. The number of hydrogen-bond donors (Lipinski definition) is 0. The minimum atomic E-state index is -0.170. The summed E-state index contributed by atoms with van der Waals surface area (Å²) < 4.78 is 3.49. The van der Waals surface area contributed by atoms with E-state index in [1.165, 1.54) is 16.9 Å². The molecule has 0 atom stereocenters. The molecule has 4 heterocycles. The third-order valence-corrected chi connectivity index (χ3v) is 7.23. The first-order valence-electron chi connectivity index (χ1n) is 11.4. The molecule has 1 aliphatic rings. The zero-order chi connectivity index (χ0) is 23.1. The van der Waals surface area contributed by atoms with Crippen molar-refractivity contribution in [2.24, 2.45) is 0 Å². The first kappa shape index (κ1) is 21.6. The molecule has 5 rings (SSSR count). The van der Waals surface area contributed by atoms with Gasteiger partial charge in [0.15, 0.2) is 4.96 Å². The maximum atomic E-state index is 13.7. The van der Waals surface area contributed by atoms with Crippen LogP contribution >= 0.6 is 11.3 Å². The Balaban J connectivity index is 1.59. The summed E-state index contributed by atoms with van der Waals surface area (Å²) in [4.78, 5) is 33.6. The van der Waals surface area contributed by atoms with Crippen molar-refractivity contribution in [2.45, 2.75) is 46.5 Å². The summed E-state index contributed by atoms with van der Waals surface area (Å²) in [5, 5.41) is 6.69. The lowest BCUT2D eigenvalue weighted by atomic mass is 10.1. The van der Waals surface area contributed by atoms with E-state index in [9.17, 15) is 9.59 Å². The summed E-state index contributed by atoms with van der Waals surface area (Å²) >= 11 is 1.40. The van der Waals surface area contributed by atoms with Gasteiger partial charge in [-0.2, -0.15) is 5.10 Å². The van der Waals surface area contributed by atoms with Gasteiger partial charge in [-0.3, -0.25) is 14.0 Å². The molecule has 0 radical (unpaired) electrons. The molecule has 0 unspecified atom stereocenters. The summed E-state index contributed by atoms with van der Waals surface area (Å²) in [6.07, 6.45) is 3.19. The second-order valence-electron chi connectivity index (χ2n) is 8.55. The van der Waals surface area contributed by atoms with Gasteiger partial charge < -0.3 is 4.90 Å². The maximum absolute atomic E-state index is 13.7. The number of rotatable bonds is 5. The van der Waals surface area contributed by atoms with Gasteiger partial charge in [0, 0.05) is 29.9 Å². The van der Waals surface area contributed by atoms with Crippen molar-refractivity contribution in [3.63, 3.8) is 0 Å². The standard InChI is InChI=1S/C25H27N5O2S/c1-4-18-9-5-6-10-21(18)30-16(2)13-20(27-30)23-17(3)26-25-29(24(23)32)19(15-33-25)14-22(31)28-11-7-8-12-28/h5-6,9-10,13,15H,4,7-8,11-12,14H2,1-3H3. The molecule has 1 saturated heterocycles. The number of hydrogen-bond acceptors (Lipinski definition) is 5. The zero-order valence-corrected chi connectivity index (χ0v) is 20.0. The fraction of sp³-hybridized carbons (Fsp3) is 0.360. The predicted octanol–water partition coefficient (Wildman–Crippen LogP) is 3.95. The summed E-state index contributed by atoms with van der Waals surface area (Å²) in [5.41, 5.74) is 5.41. The Labute approximate surface area is 196 Å². The molecule has 33 heavy (non-hydrogen) atoms. The Kier molecular flexibility index (Phi) is 5.62. The van der Waals surface area contributed by atoms with Gasteiger partial charge in [-0.15, -0.1) is 11.3 Å². The van der Waals surface area contributed by atoms with Crippen LogP contribution < -0.4 is 5.56 Å². The van der Waals surface area contributed by atoms with Crippen molar-refractivity contribution in [3.05, 3.63) is 68.7 Å². The first-order valence-corrected chi connectivity index (χ1v) is 12.3. The van der Waals surface area contributed by atoms with Crippen LogP contribution in [0.3, 0.4) is 0 Å². The topological polar surface area (TPSA) is 72.5 Å². The summed E-state index contributed by atoms with van der Waals surface area (Å²) in [6.45, 7) is 7.56. The second-order valence-corrected chi connectivity index (χ2v) is 9.39. The van der Waals surface area contributed by atoms with Gasteiger partial charge in [0.25, 0.3) is 5.56 Å². The molecule has 1 aromatic carbocycles. The number of nitrogens with zero attached hydrogens (tertiary/aromatic N) is 5. The van der Waals surface area contributed by atoms with E-state index in [-0.39, 0.29) is 17.9 Å². The molecule has 0 spiro atoms. The third-order valence-electron chi connectivity index (χ3n) is 6.36. The Hall–Kier alpha value is -3.26. The van der Waals surface area contributed by atoms with Gasteiger partial charge in [0.05, 0.1) is 23.4 Å². The van der Waals surface area contributed by atoms with E-state index in [1.54, 1.807) is 4.40 Å². The Morgan fingerprint density at radius 2 is 1.91 bits per heavy atom. The van der Waals surface area contributed by atoms with Crippen molar-refractivity contribution in [1.29, 1.82) is 0 Å². The lowest BCUT2D eigenvalue weighted by Crippen LogP contribution is -2.30. The monoisotopic (exact) mass is 461 g/mol. The number of benzene rings is 1. The van der Waals surface area contributed by atoms with Crippen LogP contribution in [0.25, 0.3) is 21.9 Å². The minimum Gasteiger partial charge on any atom is -0.342 e. The maximum Gasteiger partial charge on any atom is 0.268 e. The van der Waals surface area contributed by atoms with Crippen molar-refractivity contribution >= 4 is 22.2 Å². The van der Waals surface area contributed by atoms with Crippen LogP contribution in [0.1, 0.15) is 42.4 Å². The van der Waals surface area contributed by atoms with Crippen molar-refractivity contribution < 1.29 is 4.79 Å². The number of carbonyl (C=O) groups is 1. The molecule has 4 aromatic rings. The molecule has 0 saturated carbocycles.